The Morgan fingerprint density at radius 3 is 2.42 bits per heavy atom. The molecule has 2 aromatic carbocycles. The van der Waals surface area contributed by atoms with Gasteiger partial charge in [-0.25, -0.2) is 4.79 Å². The van der Waals surface area contributed by atoms with Crippen molar-refractivity contribution < 1.29 is 28.6 Å². The van der Waals surface area contributed by atoms with Gasteiger partial charge in [-0.15, -0.1) is 0 Å². The van der Waals surface area contributed by atoms with E-state index in [2.05, 4.69) is 4.74 Å². The van der Waals surface area contributed by atoms with Gasteiger partial charge in [0, 0.05) is 16.3 Å². The molecule has 8 heteroatoms. The van der Waals surface area contributed by atoms with Gasteiger partial charge in [0.05, 0.1) is 24.5 Å². The van der Waals surface area contributed by atoms with Gasteiger partial charge in [-0.3, -0.25) is 14.5 Å². The number of aliphatic hydroxyl groups is 1. The number of nitrogens with zero attached hydrogens (tertiary/aromatic N) is 1. The lowest BCUT2D eigenvalue weighted by atomic mass is 9.99. The van der Waals surface area contributed by atoms with E-state index in [1.807, 2.05) is 0 Å². The minimum atomic E-state index is -1.00. The van der Waals surface area contributed by atoms with E-state index in [0.29, 0.717) is 22.0 Å². The first-order valence-electron chi connectivity index (χ1n) is 9.21. The van der Waals surface area contributed by atoms with Crippen molar-refractivity contribution in [2.75, 3.05) is 12.0 Å². The second-order valence-corrected chi connectivity index (χ2v) is 7.17. The third kappa shape index (κ3) is 3.60. The lowest BCUT2D eigenvalue weighted by molar-refractivity contribution is -0.132. The summed E-state index contributed by atoms with van der Waals surface area (Å²) in [6, 6.07) is 14.6. The van der Waals surface area contributed by atoms with Crippen LogP contribution in [0.2, 0.25) is 5.02 Å². The quantitative estimate of drug-likeness (QED) is 0.282. The molecule has 1 atom stereocenters. The average Bonchev–Trinajstić information content (AvgIpc) is 3.40. The third-order valence-electron chi connectivity index (χ3n) is 4.92. The summed E-state index contributed by atoms with van der Waals surface area (Å²) in [5, 5.41) is 11.3. The van der Waals surface area contributed by atoms with Crippen LogP contribution < -0.4 is 4.90 Å². The van der Waals surface area contributed by atoms with E-state index in [9.17, 15) is 19.5 Å². The second-order valence-electron chi connectivity index (χ2n) is 6.73. The van der Waals surface area contributed by atoms with Crippen molar-refractivity contribution in [2.45, 2.75) is 6.04 Å². The van der Waals surface area contributed by atoms with Crippen LogP contribution in [-0.4, -0.2) is 29.9 Å². The van der Waals surface area contributed by atoms with Crippen molar-refractivity contribution in [1.29, 1.82) is 0 Å². The van der Waals surface area contributed by atoms with Gasteiger partial charge in [0.2, 0.25) is 0 Å². The molecule has 0 saturated carbocycles. The minimum Gasteiger partial charge on any atom is -0.507 e. The van der Waals surface area contributed by atoms with E-state index in [0.717, 1.165) is 0 Å². The minimum absolute atomic E-state index is 0.126. The topological polar surface area (TPSA) is 97.0 Å². The number of amides is 1. The number of Topliss-reactive ketones (excluding diaryl/α,β-unsaturated/α-hetero) is 1. The Labute approximate surface area is 182 Å². The molecule has 4 rings (SSSR count). The van der Waals surface area contributed by atoms with Crippen LogP contribution >= 0.6 is 11.6 Å². The van der Waals surface area contributed by atoms with Gasteiger partial charge < -0.3 is 14.3 Å². The van der Waals surface area contributed by atoms with E-state index in [1.165, 1.54) is 48.6 Å². The van der Waals surface area contributed by atoms with Gasteiger partial charge in [0.15, 0.2) is 0 Å². The number of methoxy groups -OCH3 is 1. The number of anilines is 1. The number of carbonyl (C=O) groups excluding carboxylic acids is 3. The fraction of sp³-hybridized carbons (Fsp3) is 0.0870. The van der Waals surface area contributed by atoms with Crippen LogP contribution in [0.25, 0.3) is 5.76 Å². The molecule has 0 spiro atoms. The molecule has 1 fully saturated rings. The number of furan rings is 1. The number of ether oxygens (including phenoxy) is 1. The molecule has 1 unspecified atom stereocenters. The molecular formula is C23H16ClNO6. The zero-order valence-corrected chi connectivity index (χ0v) is 17.0. The van der Waals surface area contributed by atoms with Crippen LogP contribution in [0.1, 0.15) is 27.7 Å². The molecule has 156 valence electrons. The first kappa shape index (κ1) is 20.4. The standard InChI is InChI=1S/C23H16ClNO6/c1-30-23(29)13-7-9-16(10-8-13)25-19(17-6-3-11-31-17)18(21(27)22(25)28)20(26)14-4-2-5-15(24)12-14/h2-12,19,26H,1H3/b20-18-. The van der Waals surface area contributed by atoms with Crippen LogP contribution in [0.15, 0.2) is 76.9 Å². The van der Waals surface area contributed by atoms with Crippen molar-refractivity contribution in [3.63, 3.8) is 0 Å². The van der Waals surface area contributed by atoms with Gasteiger partial charge in [-0.05, 0) is 48.5 Å². The number of halogens is 1. The fourth-order valence-electron chi connectivity index (χ4n) is 3.48. The van der Waals surface area contributed by atoms with Crippen molar-refractivity contribution in [2.24, 2.45) is 0 Å². The first-order valence-corrected chi connectivity index (χ1v) is 9.59. The monoisotopic (exact) mass is 437 g/mol. The summed E-state index contributed by atoms with van der Waals surface area (Å²) in [6.45, 7) is 0. The van der Waals surface area contributed by atoms with Crippen molar-refractivity contribution >= 4 is 40.7 Å². The first-order chi connectivity index (χ1) is 14.9. The summed E-state index contributed by atoms with van der Waals surface area (Å²) in [6.07, 6.45) is 1.41. The van der Waals surface area contributed by atoms with E-state index in [-0.39, 0.29) is 16.9 Å². The SMILES string of the molecule is COC(=O)c1ccc(N2C(=O)C(=O)/C(=C(\O)c3cccc(Cl)c3)C2c2ccco2)cc1. The van der Waals surface area contributed by atoms with E-state index in [1.54, 1.807) is 30.3 Å². The second kappa shape index (κ2) is 8.12. The molecule has 0 radical (unpaired) electrons. The Hall–Kier alpha value is -3.84. The molecule has 1 aromatic heterocycles. The molecule has 1 aliphatic rings. The molecule has 1 saturated heterocycles. The number of hydrogen-bond acceptors (Lipinski definition) is 6. The molecule has 2 heterocycles. The number of aliphatic hydroxyl groups excluding tert-OH is 1. The fourth-order valence-corrected chi connectivity index (χ4v) is 3.67. The Morgan fingerprint density at radius 1 is 1.06 bits per heavy atom. The molecule has 0 bridgehead atoms. The number of rotatable bonds is 4. The van der Waals surface area contributed by atoms with E-state index in [4.69, 9.17) is 16.0 Å². The number of hydrogen-bond donors (Lipinski definition) is 1. The largest absolute Gasteiger partial charge is 0.507 e. The van der Waals surface area contributed by atoms with Crippen LogP contribution in [0, 0.1) is 0 Å². The molecular weight excluding hydrogens is 422 g/mol. The summed E-state index contributed by atoms with van der Waals surface area (Å²) < 4.78 is 10.2. The maximum Gasteiger partial charge on any atom is 0.337 e. The predicted molar refractivity (Wildman–Crippen MR) is 113 cm³/mol. The summed E-state index contributed by atoms with van der Waals surface area (Å²) in [4.78, 5) is 38.9. The molecule has 3 aromatic rings. The molecule has 1 amide bonds. The van der Waals surface area contributed by atoms with Gasteiger partial charge in [0.25, 0.3) is 11.7 Å². The lowest BCUT2D eigenvalue weighted by Crippen LogP contribution is -2.29. The molecule has 1 N–H and O–H groups in total. The highest BCUT2D eigenvalue weighted by molar-refractivity contribution is 6.51. The third-order valence-corrected chi connectivity index (χ3v) is 5.16. The summed E-state index contributed by atoms with van der Waals surface area (Å²) in [5.74, 6) is -2.31. The summed E-state index contributed by atoms with van der Waals surface area (Å²) >= 11 is 6.02. The number of carbonyl (C=O) groups is 3. The van der Waals surface area contributed by atoms with Gasteiger partial charge in [0.1, 0.15) is 17.6 Å². The van der Waals surface area contributed by atoms with Crippen LogP contribution in [-0.2, 0) is 14.3 Å². The van der Waals surface area contributed by atoms with Crippen molar-refractivity contribution in [3.8, 4) is 0 Å². The molecule has 7 nitrogen and oxygen atoms in total. The molecule has 31 heavy (non-hydrogen) atoms. The lowest BCUT2D eigenvalue weighted by Gasteiger charge is -2.23. The number of ketones is 1. The molecule has 0 aliphatic carbocycles. The van der Waals surface area contributed by atoms with Crippen LogP contribution in [0.5, 0.6) is 0 Å². The van der Waals surface area contributed by atoms with Crippen molar-refractivity contribution in [1.82, 2.24) is 0 Å². The Balaban J connectivity index is 1.86. The zero-order chi connectivity index (χ0) is 22.1. The zero-order valence-electron chi connectivity index (χ0n) is 16.2. The molecule has 1 aliphatic heterocycles. The van der Waals surface area contributed by atoms with Crippen molar-refractivity contribution in [3.05, 3.63) is 94.4 Å². The summed E-state index contributed by atoms with van der Waals surface area (Å²) in [7, 11) is 1.27. The highest BCUT2D eigenvalue weighted by atomic mass is 35.5. The maximum atomic E-state index is 13.0. The Morgan fingerprint density at radius 2 is 1.81 bits per heavy atom. The normalized spacial score (nSPS) is 17.7. The summed E-state index contributed by atoms with van der Waals surface area (Å²) in [5.41, 5.74) is 0.806. The average molecular weight is 438 g/mol. The highest BCUT2D eigenvalue weighted by Gasteiger charge is 2.48. The van der Waals surface area contributed by atoms with E-state index >= 15 is 0 Å². The van der Waals surface area contributed by atoms with E-state index < -0.39 is 23.7 Å². The van der Waals surface area contributed by atoms with Gasteiger partial charge in [-0.1, -0.05) is 23.7 Å². The predicted octanol–water partition coefficient (Wildman–Crippen LogP) is 4.35. The maximum absolute atomic E-state index is 13.0. The van der Waals surface area contributed by atoms with Crippen LogP contribution in [0.3, 0.4) is 0 Å². The smallest absolute Gasteiger partial charge is 0.337 e. The Bertz CT molecular complexity index is 1200. The van der Waals surface area contributed by atoms with Gasteiger partial charge >= 0.3 is 5.97 Å². The van der Waals surface area contributed by atoms with Crippen LogP contribution in [0.4, 0.5) is 5.69 Å². The highest BCUT2D eigenvalue weighted by Crippen LogP contribution is 2.42. The van der Waals surface area contributed by atoms with Gasteiger partial charge in [-0.2, -0.15) is 0 Å². The number of esters is 1. The Kier molecular flexibility index (Phi) is 5.35. The number of benzene rings is 2.